The summed E-state index contributed by atoms with van der Waals surface area (Å²) in [5, 5.41) is 9.05. The summed E-state index contributed by atoms with van der Waals surface area (Å²) < 4.78 is 33.6. The fraction of sp³-hybridized carbons (Fsp3) is 0.400. The van der Waals surface area contributed by atoms with E-state index in [9.17, 15) is 8.42 Å². The Kier molecular flexibility index (Phi) is 4.28. The highest BCUT2D eigenvalue weighted by Gasteiger charge is 2.11. The van der Waals surface area contributed by atoms with Gasteiger partial charge in [-0.25, -0.2) is 4.18 Å². The summed E-state index contributed by atoms with van der Waals surface area (Å²) in [6.45, 7) is 1.56. The number of hydrogen-bond acceptors (Lipinski definition) is 4. The highest BCUT2D eigenvalue weighted by Crippen LogP contribution is 2.13. The number of aromatic hydroxyl groups is 1. The van der Waals surface area contributed by atoms with E-state index >= 15 is 0 Å². The predicted molar refractivity (Wildman–Crippen MR) is 58.5 cm³/mol. The first-order valence-electron chi connectivity index (χ1n) is 4.80. The van der Waals surface area contributed by atoms with Gasteiger partial charge in [0.2, 0.25) is 0 Å². The van der Waals surface area contributed by atoms with Crippen molar-refractivity contribution < 1.29 is 22.3 Å². The summed E-state index contributed by atoms with van der Waals surface area (Å²) in [5.41, 5.74) is 0.962. The molecule has 5 nitrogen and oxygen atoms in total. The van der Waals surface area contributed by atoms with Crippen molar-refractivity contribution in [3.8, 4) is 5.75 Å². The van der Waals surface area contributed by atoms with Gasteiger partial charge in [-0.15, -0.1) is 0 Å². The molecule has 0 amide bonds. The SMILES string of the molecule is CC(CCc1ccc(O)cc1)OS(=O)(=O)O. The van der Waals surface area contributed by atoms with Crippen LogP contribution in [0.25, 0.3) is 0 Å². The maximum atomic E-state index is 10.4. The van der Waals surface area contributed by atoms with E-state index in [1.165, 1.54) is 0 Å². The van der Waals surface area contributed by atoms with Crippen molar-refractivity contribution in [3.63, 3.8) is 0 Å². The third kappa shape index (κ3) is 5.11. The van der Waals surface area contributed by atoms with Gasteiger partial charge in [-0.05, 0) is 37.5 Å². The first-order valence-corrected chi connectivity index (χ1v) is 6.17. The molecule has 1 aromatic rings. The second-order valence-electron chi connectivity index (χ2n) is 3.54. The Bertz CT molecular complexity index is 423. The highest BCUT2D eigenvalue weighted by atomic mass is 32.3. The first-order chi connectivity index (χ1) is 7.37. The molecule has 16 heavy (non-hydrogen) atoms. The molecule has 90 valence electrons. The molecule has 0 aliphatic rings. The monoisotopic (exact) mass is 246 g/mol. The van der Waals surface area contributed by atoms with Crippen LogP contribution in [-0.4, -0.2) is 24.2 Å². The Balaban J connectivity index is 2.43. The molecular formula is C10H14O5S. The first kappa shape index (κ1) is 13.0. The Hall–Kier alpha value is -1.11. The summed E-state index contributed by atoms with van der Waals surface area (Å²) in [5.74, 6) is 0.186. The quantitative estimate of drug-likeness (QED) is 0.770. The molecule has 1 aromatic carbocycles. The van der Waals surface area contributed by atoms with E-state index in [4.69, 9.17) is 9.66 Å². The van der Waals surface area contributed by atoms with E-state index in [1.54, 1.807) is 31.2 Å². The molecule has 0 aromatic heterocycles. The van der Waals surface area contributed by atoms with Crippen LogP contribution in [0.1, 0.15) is 18.9 Å². The van der Waals surface area contributed by atoms with E-state index in [0.717, 1.165) is 5.56 Å². The topological polar surface area (TPSA) is 83.8 Å². The van der Waals surface area contributed by atoms with Gasteiger partial charge in [0.05, 0.1) is 6.10 Å². The van der Waals surface area contributed by atoms with Crippen LogP contribution in [0.4, 0.5) is 0 Å². The third-order valence-corrected chi connectivity index (χ3v) is 2.63. The zero-order chi connectivity index (χ0) is 12.2. The molecule has 0 radical (unpaired) electrons. The summed E-state index contributed by atoms with van der Waals surface area (Å²) in [6, 6.07) is 6.61. The van der Waals surface area contributed by atoms with Gasteiger partial charge in [-0.2, -0.15) is 8.42 Å². The Morgan fingerprint density at radius 2 is 1.88 bits per heavy atom. The summed E-state index contributed by atoms with van der Waals surface area (Å²) in [4.78, 5) is 0. The predicted octanol–water partition coefficient (Wildman–Crippen LogP) is 1.53. The maximum absolute atomic E-state index is 10.4. The molecule has 0 saturated heterocycles. The van der Waals surface area contributed by atoms with Crippen LogP contribution in [0.2, 0.25) is 0 Å². The molecule has 2 N–H and O–H groups in total. The number of rotatable bonds is 5. The highest BCUT2D eigenvalue weighted by molar-refractivity contribution is 7.80. The second kappa shape index (κ2) is 5.29. The van der Waals surface area contributed by atoms with Crippen LogP contribution >= 0.6 is 0 Å². The number of phenols is 1. The molecular weight excluding hydrogens is 232 g/mol. The molecule has 1 rings (SSSR count). The van der Waals surface area contributed by atoms with Gasteiger partial charge < -0.3 is 5.11 Å². The lowest BCUT2D eigenvalue weighted by Gasteiger charge is -2.09. The average molecular weight is 246 g/mol. The Morgan fingerprint density at radius 1 is 1.31 bits per heavy atom. The molecule has 1 unspecified atom stereocenters. The summed E-state index contributed by atoms with van der Waals surface area (Å²) in [7, 11) is -4.37. The van der Waals surface area contributed by atoms with Crippen molar-refractivity contribution in [3.05, 3.63) is 29.8 Å². The fourth-order valence-corrected chi connectivity index (χ4v) is 1.80. The van der Waals surface area contributed by atoms with Crippen LogP contribution in [0.15, 0.2) is 24.3 Å². The molecule has 0 aliphatic carbocycles. The van der Waals surface area contributed by atoms with Crippen molar-refractivity contribution in [1.29, 1.82) is 0 Å². The van der Waals surface area contributed by atoms with E-state index in [0.29, 0.717) is 12.8 Å². The average Bonchev–Trinajstić information content (AvgIpc) is 2.14. The van der Waals surface area contributed by atoms with E-state index < -0.39 is 16.5 Å². The summed E-state index contributed by atoms with van der Waals surface area (Å²) >= 11 is 0. The normalized spacial score (nSPS) is 13.6. The smallest absolute Gasteiger partial charge is 0.397 e. The largest absolute Gasteiger partial charge is 0.508 e. The minimum atomic E-state index is -4.37. The molecule has 0 spiro atoms. The van der Waals surface area contributed by atoms with E-state index in [-0.39, 0.29) is 5.75 Å². The lowest BCUT2D eigenvalue weighted by atomic mass is 10.1. The summed E-state index contributed by atoms with van der Waals surface area (Å²) in [6.07, 6.45) is 0.491. The van der Waals surface area contributed by atoms with Crippen LogP contribution in [0, 0.1) is 0 Å². The lowest BCUT2D eigenvalue weighted by Crippen LogP contribution is -2.15. The number of aryl methyl sites for hydroxylation is 1. The zero-order valence-electron chi connectivity index (χ0n) is 8.83. The third-order valence-electron chi connectivity index (χ3n) is 2.06. The molecule has 0 aliphatic heterocycles. The standard InChI is InChI=1S/C10H14O5S/c1-8(15-16(12,13)14)2-3-9-4-6-10(11)7-5-9/h4-8,11H,2-3H2,1H3,(H,12,13,14). The Morgan fingerprint density at radius 3 is 2.38 bits per heavy atom. The second-order valence-corrected chi connectivity index (χ2v) is 4.59. The van der Waals surface area contributed by atoms with Crippen molar-refractivity contribution in [2.45, 2.75) is 25.9 Å². The van der Waals surface area contributed by atoms with Crippen LogP contribution in [-0.2, 0) is 21.0 Å². The van der Waals surface area contributed by atoms with Gasteiger partial charge in [0.25, 0.3) is 0 Å². The van der Waals surface area contributed by atoms with Crippen molar-refractivity contribution in [2.24, 2.45) is 0 Å². The van der Waals surface area contributed by atoms with E-state index in [2.05, 4.69) is 4.18 Å². The number of hydrogen-bond donors (Lipinski definition) is 2. The zero-order valence-corrected chi connectivity index (χ0v) is 9.64. The molecule has 0 fully saturated rings. The van der Waals surface area contributed by atoms with Gasteiger partial charge in [-0.3, -0.25) is 4.55 Å². The van der Waals surface area contributed by atoms with Crippen LogP contribution in [0.5, 0.6) is 5.75 Å². The van der Waals surface area contributed by atoms with Crippen molar-refractivity contribution in [2.75, 3.05) is 0 Å². The molecule has 0 saturated carbocycles. The van der Waals surface area contributed by atoms with Gasteiger partial charge >= 0.3 is 10.4 Å². The van der Waals surface area contributed by atoms with Gasteiger partial charge in [0.15, 0.2) is 0 Å². The number of phenolic OH excluding ortho intramolecular Hbond substituents is 1. The molecule has 6 heteroatoms. The number of benzene rings is 1. The van der Waals surface area contributed by atoms with Gasteiger partial charge in [-0.1, -0.05) is 12.1 Å². The van der Waals surface area contributed by atoms with Gasteiger partial charge in [0.1, 0.15) is 5.75 Å². The van der Waals surface area contributed by atoms with Crippen molar-refractivity contribution >= 4 is 10.4 Å². The minimum absolute atomic E-state index is 0.186. The minimum Gasteiger partial charge on any atom is -0.508 e. The van der Waals surface area contributed by atoms with Crippen LogP contribution in [0.3, 0.4) is 0 Å². The molecule has 0 bridgehead atoms. The van der Waals surface area contributed by atoms with Crippen molar-refractivity contribution in [1.82, 2.24) is 0 Å². The lowest BCUT2D eigenvalue weighted by molar-refractivity contribution is 0.189. The van der Waals surface area contributed by atoms with Gasteiger partial charge in [0, 0.05) is 0 Å². The maximum Gasteiger partial charge on any atom is 0.397 e. The van der Waals surface area contributed by atoms with Crippen LogP contribution < -0.4 is 0 Å². The fourth-order valence-electron chi connectivity index (χ4n) is 1.29. The van der Waals surface area contributed by atoms with E-state index in [1.807, 2.05) is 0 Å². The molecule has 1 atom stereocenters. The molecule has 0 heterocycles. The Labute approximate surface area is 94.6 Å².